The van der Waals surface area contributed by atoms with E-state index in [1.165, 1.54) is 6.07 Å². The van der Waals surface area contributed by atoms with Crippen LogP contribution in [0, 0.1) is 0 Å². The Morgan fingerprint density at radius 1 is 1.50 bits per heavy atom. The molecule has 1 aromatic heterocycles. The molecule has 1 aromatic carbocycles. The van der Waals surface area contributed by atoms with Crippen LogP contribution >= 0.6 is 0 Å². The van der Waals surface area contributed by atoms with Gasteiger partial charge >= 0.3 is 5.97 Å². The van der Waals surface area contributed by atoms with Crippen molar-refractivity contribution in [2.24, 2.45) is 0 Å². The first-order valence-electron chi connectivity index (χ1n) is 5.00. The fourth-order valence-corrected chi connectivity index (χ4v) is 1.69. The number of aromatic carboxylic acids is 1. The highest BCUT2D eigenvalue weighted by molar-refractivity contribution is 5.98. The number of hydrogen-bond acceptors (Lipinski definition) is 3. The number of nitrogens with two attached hydrogens (primary N) is 1. The van der Waals surface area contributed by atoms with Crippen molar-refractivity contribution in [3.8, 4) is 0 Å². The second kappa shape index (κ2) is 3.52. The molecule has 3 N–H and O–H groups in total. The van der Waals surface area contributed by atoms with Gasteiger partial charge in [-0.15, -0.1) is 0 Å². The zero-order valence-electron chi connectivity index (χ0n) is 9.14. The third kappa shape index (κ3) is 1.50. The number of rotatable bonds is 2. The smallest absolute Gasteiger partial charge is 0.337 e. The number of fused-ring (bicyclic) bond motifs is 1. The van der Waals surface area contributed by atoms with E-state index >= 15 is 0 Å². The number of aromatic nitrogens is 2. The van der Waals surface area contributed by atoms with Gasteiger partial charge in [0.2, 0.25) is 0 Å². The fourth-order valence-electron chi connectivity index (χ4n) is 1.69. The Kier molecular flexibility index (Phi) is 2.30. The second-order valence-electron chi connectivity index (χ2n) is 3.98. The minimum atomic E-state index is -1.03. The Morgan fingerprint density at radius 3 is 2.75 bits per heavy atom. The highest BCUT2D eigenvalue weighted by Crippen LogP contribution is 2.23. The molecule has 5 nitrogen and oxygen atoms in total. The number of nitrogen functional groups attached to an aromatic ring is 1. The molecule has 2 aromatic rings. The molecule has 0 aliphatic rings. The first-order valence-corrected chi connectivity index (χ1v) is 5.00. The number of nitrogens with zero attached hydrogens (tertiary/aromatic N) is 2. The number of benzene rings is 1. The van der Waals surface area contributed by atoms with Crippen LogP contribution < -0.4 is 5.73 Å². The summed E-state index contributed by atoms with van der Waals surface area (Å²) in [5.41, 5.74) is 7.57. The topological polar surface area (TPSA) is 81.1 Å². The van der Waals surface area contributed by atoms with Gasteiger partial charge in [0.05, 0.1) is 22.9 Å². The zero-order valence-corrected chi connectivity index (χ0v) is 9.14. The summed E-state index contributed by atoms with van der Waals surface area (Å²) in [6.07, 6.45) is 1.69. The SMILES string of the molecule is CC(C)n1cnc2cc(C(=O)O)c(N)cc21. The normalized spacial score (nSPS) is 11.2. The van der Waals surface area contributed by atoms with E-state index in [0.717, 1.165) is 5.52 Å². The van der Waals surface area contributed by atoms with Gasteiger partial charge in [-0.3, -0.25) is 0 Å². The highest BCUT2D eigenvalue weighted by Gasteiger charge is 2.13. The predicted octanol–water partition coefficient (Wildman–Crippen LogP) is 1.90. The second-order valence-corrected chi connectivity index (χ2v) is 3.98. The summed E-state index contributed by atoms with van der Waals surface area (Å²) in [7, 11) is 0. The van der Waals surface area contributed by atoms with E-state index in [0.29, 0.717) is 5.52 Å². The summed E-state index contributed by atoms with van der Waals surface area (Å²) >= 11 is 0. The van der Waals surface area contributed by atoms with Gasteiger partial charge in [0.15, 0.2) is 0 Å². The van der Waals surface area contributed by atoms with Crippen LogP contribution in [0.2, 0.25) is 0 Å². The summed E-state index contributed by atoms with van der Waals surface area (Å²) in [6.45, 7) is 4.06. The molecule has 0 spiro atoms. The van der Waals surface area contributed by atoms with E-state index in [1.54, 1.807) is 12.4 Å². The molecule has 5 heteroatoms. The number of anilines is 1. The van der Waals surface area contributed by atoms with Gasteiger partial charge in [-0.25, -0.2) is 9.78 Å². The Bertz CT molecular complexity index is 558. The van der Waals surface area contributed by atoms with E-state index in [9.17, 15) is 4.79 Å². The lowest BCUT2D eigenvalue weighted by atomic mass is 10.1. The lowest BCUT2D eigenvalue weighted by molar-refractivity contribution is 0.0698. The zero-order chi connectivity index (χ0) is 11.9. The Labute approximate surface area is 92.5 Å². The van der Waals surface area contributed by atoms with Gasteiger partial charge in [0.1, 0.15) is 0 Å². The average molecular weight is 219 g/mol. The van der Waals surface area contributed by atoms with Gasteiger partial charge in [0.25, 0.3) is 0 Å². The molecular weight excluding hydrogens is 206 g/mol. The summed E-state index contributed by atoms with van der Waals surface area (Å²) in [4.78, 5) is 15.1. The minimum Gasteiger partial charge on any atom is -0.478 e. The first kappa shape index (κ1) is 10.5. The molecular formula is C11H13N3O2. The molecule has 0 aliphatic carbocycles. The lowest BCUT2D eigenvalue weighted by Crippen LogP contribution is -2.03. The molecule has 0 atom stereocenters. The molecule has 0 saturated carbocycles. The van der Waals surface area contributed by atoms with Crippen LogP contribution in [0.3, 0.4) is 0 Å². The molecule has 0 saturated heterocycles. The van der Waals surface area contributed by atoms with Gasteiger partial charge < -0.3 is 15.4 Å². The standard InChI is InChI=1S/C11H13N3O2/c1-6(2)14-5-13-9-3-7(11(15)16)8(12)4-10(9)14/h3-6H,12H2,1-2H3,(H,15,16). The summed E-state index contributed by atoms with van der Waals surface area (Å²) in [6, 6.07) is 3.43. The molecule has 0 aliphatic heterocycles. The summed E-state index contributed by atoms with van der Waals surface area (Å²) in [5.74, 6) is -1.03. The van der Waals surface area contributed by atoms with E-state index in [4.69, 9.17) is 10.8 Å². The van der Waals surface area contributed by atoms with Gasteiger partial charge in [-0.05, 0) is 26.0 Å². The Hall–Kier alpha value is -2.04. The van der Waals surface area contributed by atoms with Gasteiger partial charge in [0, 0.05) is 11.7 Å². The molecule has 16 heavy (non-hydrogen) atoms. The fraction of sp³-hybridized carbons (Fsp3) is 0.273. The molecule has 0 radical (unpaired) electrons. The quantitative estimate of drug-likeness (QED) is 0.756. The molecule has 0 amide bonds. The van der Waals surface area contributed by atoms with Crippen molar-refractivity contribution in [3.05, 3.63) is 24.0 Å². The minimum absolute atomic E-state index is 0.0986. The van der Waals surface area contributed by atoms with Crippen molar-refractivity contribution in [1.82, 2.24) is 9.55 Å². The van der Waals surface area contributed by atoms with E-state index in [-0.39, 0.29) is 17.3 Å². The van der Waals surface area contributed by atoms with Crippen LogP contribution in [0.25, 0.3) is 11.0 Å². The van der Waals surface area contributed by atoms with Crippen LogP contribution in [0.1, 0.15) is 30.2 Å². The van der Waals surface area contributed by atoms with Crippen molar-refractivity contribution < 1.29 is 9.90 Å². The maximum Gasteiger partial charge on any atom is 0.337 e. The van der Waals surface area contributed by atoms with Crippen molar-refractivity contribution in [1.29, 1.82) is 0 Å². The molecule has 0 bridgehead atoms. The Balaban J connectivity index is 2.71. The van der Waals surface area contributed by atoms with Gasteiger partial charge in [-0.1, -0.05) is 0 Å². The number of carbonyl (C=O) groups is 1. The largest absolute Gasteiger partial charge is 0.478 e. The van der Waals surface area contributed by atoms with Crippen molar-refractivity contribution in [3.63, 3.8) is 0 Å². The number of imidazole rings is 1. The number of carboxylic acids is 1. The van der Waals surface area contributed by atoms with E-state index < -0.39 is 5.97 Å². The van der Waals surface area contributed by atoms with Crippen LogP contribution in [-0.4, -0.2) is 20.6 Å². The van der Waals surface area contributed by atoms with E-state index in [2.05, 4.69) is 4.98 Å². The third-order valence-corrected chi connectivity index (χ3v) is 2.53. The highest BCUT2D eigenvalue weighted by atomic mass is 16.4. The maximum absolute atomic E-state index is 10.9. The van der Waals surface area contributed by atoms with E-state index in [1.807, 2.05) is 18.4 Å². The van der Waals surface area contributed by atoms with Crippen LogP contribution in [0.15, 0.2) is 18.5 Å². The van der Waals surface area contributed by atoms with Crippen LogP contribution in [-0.2, 0) is 0 Å². The molecule has 84 valence electrons. The first-order chi connectivity index (χ1) is 7.50. The predicted molar refractivity (Wildman–Crippen MR) is 61.5 cm³/mol. The van der Waals surface area contributed by atoms with Crippen molar-refractivity contribution in [2.75, 3.05) is 5.73 Å². The monoisotopic (exact) mass is 219 g/mol. The number of hydrogen-bond donors (Lipinski definition) is 2. The molecule has 2 rings (SSSR count). The summed E-state index contributed by atoms with van der Waals surface area (Å²) < 4.78 is 1.96. The molecule has 0 fully saturated rings. The van der Waals surface area contributed by atoms with Gasteiger partial charge in [-0.2, -0.15) is 0 Å². The molecule has 1 heterocycles. The third-order valence-electron chi connectivity index (χ3n) is 2.53. The lowest BCUT2D eigenvalue weighted by Gasteiger charge is -2.08. The Morgan fingerprint density at radius 2 is 2.19 bits per heavy atom. The maximum atomic E-state index is 10.9. The molecule has 0 unspecified atom stereocenters. The van der Waals surface area contributed by atoms with Crippen molar-refractivity contribution in [2.45, 2.75) is 19.9 Å². The average Bonchev–Trinajstić information content (AvgIpc) is 2.58. The van der Waals surface area contributed by atoms with Crippen LogP contribution in [0.4, 0.5) is 5.69 Å². The summed E-state index contributed by atoms with van der Waals surface area (Å²) in [5, 5.41) is 8.93. The number of carboxylic acid groups (broad SMARTS) is 1. The van der Waals surface area contributed by atoms with Crippen molar-refractivity contribution >= 4 is 22.7 Å². The van der Waals surface area contributed by atoms with Crippen LogP contribution in [0.5, 0.6) is 0 Å².